The Labute approximate surface area is 145 Å². The number of hydrogen-bond acceptors (Lipinski definition) is 6. The normalized spacial score (nSPS) is 11.7. The molecule has 0 aliphatic carbocycles. The van der Waals surface area contributed by atoms with Crippen molar-refractivity contribution in [3.05, 3.63) is 35.3 Å². The summed E-state index contributed by atoms with van der Waals surface area (Å²) >= 11 is 1.40. The van der Waals surface area contributed by atoms with E-state index in [0.717, 1.165) is 16.3 Å². The van der Waals surface area contributed by atoms with E-state index < -0.39 is 0 Å². The van der Waals surface area contributed by atoms with Crippen LogP contribution in [0.5, 0.6) is 5.75 Å². The lowest BCUT2D eigenvalue weighted by molar-refractivity contribution is -0.145. The maximum atomic E-state index is 12.4. The third kappa shape index (κ3) is 4.11. The van der Waals surface area contributed by atoms with Crippen molar-refractivity contribution in [3.63, 3.8) is 0 Å². The van der Waals surface area contributed by atoms with Gasteiger partial charge in [0.25, 0.3) is 5.91 Å². The van der Waals surface area contributed by atoms with Crippen LogP contribution in [0, 0.1) is 5.92 Å². The highest BCUT2D eigenvalue weighted by molar-refractivity contribution is 7.13. The Balaban J connectivity index is 2.08. The lowest BCUT2D eigenvalue weighted by Gasteiger charge is -2.19. The number of thiazole rings is 1. The number of esters is 1. The summed E-state index contributed by atoms with van der Waals surface area (Å²) in [7, 11) is 4.59. The molecule has 0 saturated carbocycles. The fraction of sp³-hybridized carbons (Fsp3) is 0.353. The second kappa shape index (κ2) is 7.92. The second-order valence-electron chi connectivity index (χ2n) is 5.38. The molecule has 0 aliphatic heterocycles. The van der Waals surface area contributed by atoms with Gasteiger partial charge < -0.3 is 14.4 Å². The van der Waals surface area contributed by atoms with Gasteiger partial charge >= 0.3 is 5.97 Å². The summed E-state index contributed by atoms with van der Waals surface area (Å²) in [5.74, 6) is -0.180. The van der Waals surface area contributed by atoms with Crippen molar-refractivity contribution >= 4 is 23.2 Å². The van der Waals surface area contributed by atoms with Crippen molar-refractivity contribution in [3.8, 4) is 16.3 Å². The SMILES string of the molecule is COC(=O)C(C)CN(C)C(=O)c1csc(-c2ccc(OC)cc2)n1. The van der Waals surface area contributed by atoms with Crippen LogP contribution < -0.4 is 4.74 Å². The van der Waals surface area contributed by atoms with Crippen molar-refractivity contribution in [1.82, 2.24) is 9.88 Å². The van der Waals surface area contributed by atoms with Crippen molar-refractivity contribution in [2.75, 3.05) is 27.8 Å². The lowest BCUT2D eigenvalue weighted by atomic mass is 10.1. The molecule has 2 aromatic rings. The molecular formula is C17H20N2O4S. The Morgan fingerprint density at radius 3 is 2.50 bits per heavy atom. The molecule has 0 spiro atoms. The van der Waals surface area contributed by atoms with Gasteiger partial charge in [-0.2, -0.15) is 0 Å². The molecule has 0 radical (unpaired) electrons. The largest absolute Gasteiger partial charge is 0.497 e. The van der Waals surface area contributed by atoms with E-state index in [1.807, 2.05) is 24.3 Å². The van der Waals surface area contributed by atoms with Crippen LogP contribution >= 0.6 is 11.3 Å². The topological polar surface area (TPSA) is 68.7 Å². The Hall–Kier alpha value is -2.41. The molecule has 1 aromatic heterocycles. The molecule has 6 nitrogen and oxygen atoms in total. The molecule has 0 bridgehead atoms. The number of carbonyl (C=O) groups is 2. The molecule has 1 unspecified atom stereocenters. The fourth-order valence-electron chi connectivity index (χ4n) is 2.20. The lowest BCUT2D eigenvalue weighted by Crippen LogP contribution is -2.34. The molecule has 0 saturated heterocycles. The van der Waals surface area contributed by atoms with Gasteiger partial charge in [0.05, 0.1) is 20.1 Å². The molecule has 2 rings (SSSR count). The van der Waals surface area contributed by atoms with E-state index in [1.54, 1.807) is 26.5 Å². The summed E-state index contributed by atoms with van der Waals surface area (Å²) in [5, 5.41) is 2.48. The predicted molar refractivity (Wildman–Crippen MR) is 92.2 cm³/mol. The number of ether oxygens (including phenoxy) is 2. The van der Waals surface area contributed by atoms with E-state index in [-0.39, 0.29) is 24.3 Å². The van der Waals surface area contributed by atoms with Crippen LogP contribution in [0.25, 0.3) is 10.6 Å². The minimum atomic E-state index is -0.386. The molecule has 7 heteroatoms. The van der Waals surface area contributed by atoms with Gasteiger partial charge in [0, 0.05) is 24.5 Å². The molecule has 1 amide bonds. The van der Waals surface area contributed by atoms with Crippen molar-refractivity contribution in [2.45, 2.75) is 6.92 Å². The summed E-state index contributed by atoms with van der Waals surface area (Å²) in [4.78, 5) is 29.8. The third-order valence-corrected chi connectivity index (χ3v) is 4.45. The smallest absolute Gasteiger partial charge is 0.310 e. The van der Waals surface area contributed by atoms with Crippen LogP contribution in [-0.2, 0) is 9.53 Å². The molecule has 0 N–H and O–H groups in total. The van der Waals surface area contributed by atoms with E-state index >= 15 is 0 Å². The average molecular weight is 348 g/mol. The first-order valence-corrected chi connectivity index (χ1v) is 8.27. The minimum absolute atomic E-state index is 0.221. The first-order chi connectivity index (χ1) is 11.5. The number of methoxy groups -OCH3 is 2. The zero-order chi connectivity index (χ0) is 17.7. The fourth-order valence-corrected chi connectivity index (χ4v) is 3.00. The Bertz CT molecular complexity index is 712. The summed E-state index contributed by atoms with van der Waals surface area (Å²) in [5.41, 5.74) is 1.29. The molecule has 1 atom stereocenters. The van der Waals surface area contributed by atoms with Gasteiger partial charge in [0.1, 0.15) is 16.5 Å². The number of amides is 1. The zero-order valence-electron chi connectivity index (χ0n) is 14.1. The van der Waals surface area contributed by atoms with Gasteiger partial charge in [-0.3, -0.25) is 9.59 Å². The maximum absolute atomic E-state index is 12.4. The standard InChI is InChI=1S/C17H20N2O4S/c1-11(17(21)23-4)9-19(2)16(20)14-10-24-15(18-14)12-5-7-13(22-3)8-6-12/h5-8,10-11H,9H2,1-4H3. The molecule has 1 heterocycles. The monoisotopic (exact) mass is 348 g/mol. The number of nitrogens with zero attached hydrogens (tertiary/aromatic N) is 2. The third-order valence-electron chi connectivity index (χ3n) is 3.56. The highest BCUT2D eigenvalue weighted by atomic mass is 32.1. The number of rotatable bonds is 6. The number of aromatic nitrogens is 1. The summed E-state index contributed by atoms with van der Waals surface area (Å²) < 4.78 is 9.81. The van der Waals surface area contributed by atoms with Gasteiger partial charge in [-0.05, 0) is 24.3 Å². The first-order valence-electron chi connectivity index (χ1n) is 7.39. The Morgan fingerprint density at radius 1 is 1.25 bits per heavy atom. The van der Waals surface area contributed by atoms with E-state index in [0.29, 0.717) is 5.69 Å². The molecule has 0 fully saturated rings. The summed E-state index contributed by atoms with van der Waals surface area (Å²) in [6.45, 7) is 2.00. The molecule has 1 aromatic carbocycles. The van der Waals surface area contributed by atoms with Crippen LogP contribution in [0.15, 0.2) is 29.6 Å². The van der Waals surface area contributed by atoms with Crippen LogP contribution in [0.1, 0.15) is 17.4 Å². The van der Waals surface area contributed by atoms with Crippen LogP contribution in [-0.4, -0.2) is 49.6 Å². The highest BCUT2D eigenvalue weighted by Crippen LogP contribution is 2.26. The van der Waals surface area contributed by atoms with Gasteiger partial charge in [-0.1, -0.05) is 6.92 Å². The second-order valence-corrected chi connectivity index (χ2v) is 6.23. The van der Waals surface area contributed by atoms with Crippen molar-refractivity contribution in [1.29, 1.82) is 0 Å². The summed E-state index contributed by atoms with van der Waals surface area (Å²) in [6.07, 6.45) is 0. The van der Waals surface area contributed by atoms with Crippen molar-refractivity contribution < 1.29 is 19.1 Å². The van der Waals surface area contributed by atoms with E-state index in [9.17, 15) is 9.59 Å². The predicted octanol–water partition coefficient (Wildman–Crippen LogP) is 2.70. The maximum Gasteiger partial charge on any atom is 0.310 e. The number of benzene rings is 1. The Kier molecular flexibility index (Phi) is 5.92. The molecular weight excluding hydrogens is 328 g/mol. The van der Waals surface area contributed by atoms with Gasteiger partial charge in [-0.15, -0.1) is 11.3 Å². The Morgan fingerprint density at radius 2 is 1.92 bits per heavy atom. The molecule has 128 valence electrons. The summed E-state index contributed by atoms with van der Waals surface area (Å²) in [6, 6.07) is 7.49. The molecule has 0 aliphatic rings. The van der Waals surface area contributed by atoms with Crippen LogP contribution in [0.2, 0.25) is 0 Å². The number of carbonyl (C=O) groups excluding carboxylic acids is 2. The van der Waals surface area contributed by atoms with Crippen LogP contribution in [0.4, 0.5) is 0 Å². The number of hydrogen-bond donors (Lipinski definition) is 0. The average Bonchev–Trinajstić information content (AvgIpc) is 3.10. The molecule has 24 heavy (non-hydrogen) atoms. The zero-order valence-corrected chi connectivity index (χ0v) is 14.9. The van der Waals surface area contributed by atoms with Crippen LogP contribution in [0.3, 0.4) is 0 Å². The van der Waals surface area contributed by atoms with Crippen molar-refractivity contribution in [2.24, 2.45) is 5.92 Å². The van der Waals surface area contributed by atoms with Gasteiger partial charge in [-0.25, -0.2) is 4.98 Å². The van der Waals surface area contributed by atoms with E-state index in [2.05, 4.69) is 9.72 Å². The quantitative estimate of drug-likeness (QED) is 0.751. The highest BCUT2D eigenvalue weighted by Gasteiger charge is 2.21. The van der Waals surface area contributed by atoms with E-state index in [1.165, 1.54) is 23.3 Å². The van der Waals surface area contributed by atoms with Gasteiger partial charge in [0.15, 0.2) is 0 Å². The first kappa shape index (κ1) is 17.9. The minimum Gasteiger partial charge on any atom is -0.497 e. The van der Waals surface area contributed by atoms with E-state index in [4.69, 9.17) is 4.74 Å². The van der Waals surface area contributed by atoms with Gasteiger partial charge in [0.2, 0.25) is 0 Å².